The van der Waals surface area contributed by atoms with E-state index in [0.29, 0.717) is 28.4 Å². The Bertz CT molecular complexity index is 791. The highest BCUT2D eigenvalue weighted by molar-refractivity contribution is 5.70. The molecule has 1 aromatic rings. The van der Waals surface area contributed by atoms with Crippen LogP contribution in [-0.4, -0.2) is 6.61 Å². The predicted molar refractivity (Wildman–Crippen MR) is 72.8 cm³/mol. The number of aryl methyl sites for hydroxylation is 1. The Morgan fingerprint density at radius 2 is 1.70 bits per heavy atom. The summed E-state index contributed by atoms with van der Waals surface area (Å²) >= 11 is 0. The fourth-order valence-electron chi connectivity index (χ4n) is 1.69. The van der Waals surface area contributed by atoms with Crippen molar-refractivity contribution in [1.29, 1.82) is 10.5 Å². The van der Waals surface area contributed by atoms with Crippen LogP contribution >= 0.6 is 0 Å². The third kappa shape index (κ3) is 2.75. The van der Waals surface area contributed by atoms with Crippen LogP contribution in [0.4, 0.5) is 0 Å². The summed E-state index contributed by atoms with van der Waals surface area (Å²) in [6, 6.07) is 6.78. The molecule has 96 valence electrons. The molecular weight excluding hydrogens is 252 g/mol. The topological polar surface area (TPSA) is 65.5 Å². The molecule has 0 aliphatic carbocycles. The van der Waals surface area contributed by atoms with Gasteiger partial charge < -0.3 is 4.74 Å². The van der Waals surface area contributed by atoms with Gasteiger partial charge in [-0.05, 0) is 25.1 Å². The standard InChI is InChI=1S/C15H10N4O/c1-5-20-15-7-11(13(8-16)18-3)10(2)6-12(15)14(9-17)19-4/h6-7H,5H2,1-2H3/b13-11-,14-12+. The molecule has 0 unspecified atom stereocenters. The zero-order chi connectivity index (χ0) is 15.1. The Balaban J connectivity index is 3.97. The second kappa shape index (κ2) is 6.60. The molecule has 0 radical (unpaired) electrons. The largest absolute Gasteiger partial charge is 0.495 e. The maximum absolute atomic E-state index is 8.97. The van der Waals surface area contributed by atoms with Gasteiger partial charge in [0.1, 0.15) is 5.75 Å². The minimum atomic E-state index is -0.0792. The lowest BCUT2D eigenvalue weighted by Crippen LogP contribution is -2.19. The van der Waals surface area contributed by atoms with Gasteiger partial charge >= 0.3 is 0 Å². The van der Waals surface area contributed by atoms with E-state index in [1.165, 1.54) is 6.07 Å². The van der Waals surface area contributed by atoms with Crippen LogP contribution in [0.5, 0.6) is 5.75 Å². The Morgan fingerprint density at radius 1 is 1.15 bits per heavy atom. The van der Waals surface area contributed by atoms with E-state index in [2.05, 4.69) is 9.69 Å². The molecule has 5 nitrogen and oxygen atoms in total. The van der Waals surface area contributed by atoms with E-state index in [4.69, 9.17) is 28.4 Å². The molecule has 0 saturated carbocycles. The molecule has 0 bridgehead atoms. The molecule has 0 amide bonds. The third-order valence-corrected chi connectivity index (χ3v) is 2.57. The van der Waals surface area contributed by atoms with Crippen LogP contribution in [-0.2, 0) is 0 Å². The molecular formula is C15H10N4O. The van der Waals surface area contributed by atoms with Crippen molar-refractivity contribution in [3.8, 4) is 17.9 Å². The zero-order valence-electron chi connectivity index (χ0n) is 11.1. The van der Waals surface area contributed by atoms with Crippen LogP contribution in [0.3, 0.4) is 0 Å². The van der Waals surface area contributed by atoms with Crippen molar-refractivity contribution >= 4 is 11.4 Å². The Labute approximate surface area is 116 Å². The monoisotopic (exact) mass is 262 g/mol. The summed E-state index contributed by atoms with van der Waals surface area (Å²) in [5.74, 6) is 0.331. The first-order chi connectivity index (χ1) is 9.62. The quantitative estimate of drug-likeness (QED) is 0.758. The van der Waals surface area contributed by atoms with Crippen LogP contribution in [0.2, 0.25) is 0 Å². The fraction of sp³-hybridized carbons (Fsp3) is 0.200. The van der Waals surface area contributed by atoms with Gasteiger partial charge in [-0.1, -0.05) is 11.6 Å². The summed E-state index contributed by atoms with van der Waals surface area (Å²) in [5.41, 5.74) is 0.521. The average Bonchev–Trinajstić information content (AvgIpc) is 2.45. The molecule has 0 aliphatic heterocycles. The van der Waals surface area contributed by atoms with Gasteiger partial charge in [-0.25, -0.2) is 20.2 Å². The molecule has 0 spiro atoms. The highest BCUT2D eigenvalue weighted by atomic mass is 16.5. The fourth-order valence-corrected chi connectivity index (χ4v) is 1.69. The second-order valence-electron chi connectivity index (χ2n) is 3.74. The van der Waals surface area contributed by atoms with Crippen molar-refractivity contribution in [3.05, 3.63) is 51.0 Å². The number of hydrogen-bond acceptors (Lipinski definition) is 3. The lowest BCUT2D eigenvalue weighted by Gasteiger charge is -2.07. The first-order valence-electron chi connectivity index (χ1n) is 5.70. The highest BCUT2D eigenvalue weighted by Crippen LogP contribution is 2.07. The molecule has 0 atom stereocenters. The molecule has 0 saturated heterocycles. The summed E-state index contributed by atoms with van der Waals surface area (Å²) < 4.78 is 5.42. The van der Waals surface area contributed by atoms with E-state index in [1.807, 2.05) is 12.1 Å². The van der Waals surface area contributed by atoms with Crippen LogP contribution < -0.4 is 15.2 Å². The van der Waals surface area contributed by atoms with E-state index >= 15 is 0 Å². The Hall–Kier alpha value is -3.28. The first-order valence-corrected chi connectivity index (χ1v) is 5.70. The minimum Gasteiger partial charge on any atom is -0.495 e. The van der Waals surface area contributed by atoms with Gasteiger partial charge in [0.2, 0.25) is 0 Å². The molecule has 1 aromatic carbocycles. The number of nitrogens with zero attached hydrogens (tertiary/aromatic N) is 4. The first kappa shape index (κ1) is 14.8. The molecule has 20 heavy (non-hydrogen) atoms. The van der Waals surface area contributed by atoms with Crippen LogP contribution in [0.1, 0.15) is 12.5 Å². The van der Waals surface area contributed by atoms with Gasteiger partial charge in [0.25, 0.3) is 11.4 Å². The van der Waals surface area contributed by atoms with Crippen molar-refractivity contribution in [2.45, 2.75) is 13.8 Å². The number of ether oxygens (including phenoxy) is 1. The summed E-state index contributed by atoms with van der Waals surface area (Å²) in [7, 11) is 0. The number of hydrogen-bond donors (Lipinski definition) is 0. The molecule has 0 heterocycles. The number of benzene rings is 1. The Kier molecular flexibility index (Phi) is 4.88. The van der Waals surface area contributed by atoms with E-state index < -0.39 is 0 Å². The highest BCUT2D eigenvalue weighted by Gasteiger charge is 2.07. The third-order valence-electron chi connectivity index (χ3n) is 2.57. The maximum atomic E-state index is 8.97. The average molecular weight is 262 g/mol. The molecule has 5 heteroatoms. The van der Waals surface area contributed by atoms with Gasteiger partial charge in [-0.3, -0.25) is 0 Å². The minimum absolute atomic E-state index is 0.0451. The number of nitriles is 2. The van der Waals surface area contributed by atoms with Crippen molar-refractivity contribution in [2.75, 3.05) is 6.61 Å². The van der Waals surface area contributed by atoms with Crippen LogP contribution in [0.25, 0.3) is 21.1 Å². The van der Waals surface area contributed by atoms with Crippen LogP contribution in [0, 0.1) is 42.7 Å². The van der Waals surface area contributed by atoms with Crippen LogP contribution in [0.15, 0.2) is 12.1 Å². The maximum Gasteiger partial charge on any atom is 0.272 e. The van der Waals surface area contributed by atoms with E-state index in [9.17, 15) is 0 Å². The molecule has 0 aromatic heterocycles. The van der Waals surface area contributed by atoms with Gasteiger partial charge in [-0.15, -0.1) is 0 Å². The van der Waals surface area contributed by atoms with Crippen molar-refractivity contribution in [1.82, 2.24) is 0 Å². The summed E-state index contributed by atoms with van der Waals surface area (Å²) in [5, 5.41) is 18.8. The SMILES string of the molecule is [C-]#[N+]/C(C#N)=c1/cc(OCC)/c(=C(\C#N)[N+]#[C-])cc1C. The molecule has 0 N–H and O–H groups in total. The van der Waals surface area contributed by atoms with E-state index in [1.54, 1.807) is 19.9 Å². The van der Waals surface area contributed by atoms with Gasteiger partial charge in [0.15, 0.2) is 0 Å². The van der Waals surface area contributed by atoms with Gasteiger partial charge in [0.05, 0.1) is 31.9 Å². The smallest absolute Gasteiger partial charge is 0.272 e. The van der Waals surface area contributed by atoms with Gasteiger partial charge in [0, 0.05) is 5.22 Å². The second-order valence-corrected chi connectivity index (χ2v) is 3.74. The van der Waals surface area contributed by atoms with Crippen molar-refractivity contribution in [3.63, 3.8) is 0 Å². The zero-order valence-corrected chi connectivity index (χ0v) is 11.1. The Morgan fingerprint density at radius 3 is 2.15 bits per heavy atom. The predicted octanol–water partition coefficient (Wildman–Crippen LogP) is 1.50. The molecule has 0 aliphatic rings. The van der Waals surface area contributed by atoms with E-state index in [0.717, 1.165) is 0 Å². The summed E-state index contributed by atoms with van der Waals surface area (Å²) in [6.45, 7) is 17.9. The lowest BCUT2D eigenvalue weighted by molar-refractivity contribution is 0.337. The molecule has 0 fully saturated rings. The molecule has 1 rings (SSSR count). The van der Waals surface area contributed by atoms with Gasteiger partial charge in [-0.2, -0.15) is 0 Å². The summed E-state index contributed by atoms with van der Waals surface area (Å²) in [6.07, 6.45) is 0. The van der Waals surface area contributed by atoms with E-state index in [-0.39, 0.29) is 11.4 Å². The lowest BCUT2D eigenvalue weighted by atomic mass is 10.1. The van der Waals surface area contributed by atoms with Crippen molar-refractivity contribution < 1.29 is 4.74 Å². The van der Waals surface area contributed by atoms with Crippen molar-refractivity contribution in [2.24, 2.45) is 0 Å². The number of rotatable bonds is 2. The summed E-state index contributed by atoms with van der Waals surface area (Å²) in [4.78, 5) is 6.34. The normalized spacial score (nSPS) is 12.1.